The number of anilines is 2. The third-order valence-corrected chi connectivity index (χ3v) is 6.24. The summed E-state index contributed by atoms with van der Waals surface area (Å²) in [5.41, 5.74) is -0.655. The molecule has 2 aliphatic rings. The zero-order chi connectivity index (χ0) is 23.5. The molecule has 8 nitrogen and oxygen atoms in total. The largest absolute Gasteiger partial charge is 0.370 e. The van der Waals surface area contributed by atoms with Crippen molar-refractivity contribution in [2.24, 2.45) is 22.7 Å². The molecule has 0 spiro atoms. The molecule has 1 aromatic heterocycles. The smallest absolute Gasteiger partial charge is 0.227 e. The van der Waals surface area contributed by atoms with Crippen molar-refractivity contribution in [1.82, 2.24) is 19.8 Å². The number of hydrogen-bond acceptors (Lipinski definition) is 6. The first-order chi connectivity index (χ1) is 14.9. The highest BCUT2D eigenvalue weighted by atomic mass is 16.2. The highest BCUT2D eigenvalue weighted by molar-refractivity contribution is 5.82. The van der Waals surface area contributed by atoms with Gasteiger partial charge in [-0.3, -0.25) is 9.59 Å². The summed E-state index contributed by atoms with van der Waals surface area (Å²) in [6.07, 6.45) is 3.59. The monoisotopic (exact) mass is 444 g/mol. The molecule has 2 unspecified atom stereocenters. The number of carbonyl (C=O) groups is 2. The van der Waals surface area contributed by atoms with Crippen molar-refractivity contribution in [3.05, 3.63) is 12.4 Å². The SMILES string of the molecule is CC(C)(C)C(=O)N1CCC(CNc2cc(NCC3CCN(C(=O)C(C)(C)C)C3)ncn2)C1. The minimum absolute atomic E-state index is 0.225. The predicted molar refractivity (Wildman–Crippen MR) is 127 cm³/mol. The molecule has 1 aromatic rings. The topological polar surface area (TPSA) is 90.5 Å². The van der Waals surface area contributed by atoms with Crippen LogP contribution < -0.4 is 10.6 Å². The standard InChI is InChI=1S/C24H40N6O2/c1-23(2,3)21(31)29-9-7-17(14-29)12-25-19-11-20(28-16-27-19)26-13-18-8-10-30(15-18)22(32)24(4,5)6/h11,16-18H,7-10,12-15H2,1-6H3,(H2,25,26,27,28). The lowest BCUT2D eigenvalue weighted by Crippen LogP contribution is -2.38. The first-order valence-corrected chi connectivity index (χ1v) is 11.8. The van der Waals surface area contributed by atoms with Crippen LogP contribution in [-0.4, -0.2) is 70.9 Å². The Bertz CT molecular complexity index is 750. The van der Waals surface area contributed by atoms with Gasteiger partial charge in [-0.1, -0.05) is 41.5 Å². The molecule has 0 bridgehead atoms. The average Bonchev–Trinajstić information content (AvgIpc) is 3.38. The molecule has 2 amide bonds. The number of likely N-dealkylation sites (tertiary alicyclic amines) is 2. The molecule has 8 heteroatoms. The van der Waals surface area contributed by atoms with Crippen molar-refractivity contribution in [1.29, 1.82) is 0 Å². The van der Waals surface area contributed by atoms with E-state index < -0.39 is 0 Å². The maximum atomic E-state index is 12.5. The maximum absolute atomic E-state index is 12.5. The Balaban J connectivity index is 1.43. The molecule has 0 saturated carbocycles. The van der Waals surface area contributed by atoms with E-state index in [0.717, 1.165) is 63.7 Å². The predicted octanol–water partition coefficient (Wildman–Crippen LogP) is 3.09. The zero-order valence-corrected chi connectivity index (χ0v) is 20.6. The fourth-order valence-corrected chi connectivity index (χ4v) is 4.36. The van der Waals surface area contributed by atoms with Crippen molar-refractivity contribution in [3.8, 4) is 0 Å². The van der Waals surface area contributed by atoms with E-state index in [1.165, 1.54) is 0 Å². The maximum Gasteiger partial charge on any atom is 0.227 e. The molecule has 0 radical (unpaired) electrons. The molecule has 178 valence electrons. The molecule has 0 aliphatic carbocycles. The van der Waals surface area contributed by atoms with Gasteiger partial charge in [0.25, 0.3) is 0 Å². The summed E-state index contributed by atoms with van der Waals surface area (Å²) in [6.45, 7) is 16.7. The molecule has 2 N–H and O–H groups in total. The molecule has 2 fully saturated rings. The van der Waals surface area contributed by atoms with Crippen molar-refractivity contribution in [2.75, 3.05) is 49.9 Å². The Labute approximate surface area is 192 Å². The lowest BCUT2D eigenvalue weighted by Gasteiger charge is -2.25. The van der Waals surface area contributed by atoms with E-state index in [1.807, 2.05) is 57.4 Å². The second-order valence-electron chi connectivity index (χ2n) is 11.4. The number of rotatable bonds is 6. The van der Waals surface area contributed by atoms with E-state index in [0.29, 0.717) is 11.8 Å². The molecule has 0 aromatic carbocycles. The van der Waals surface area contributed by atoms with Crippen LogP contribution in [0.15, 0.2) is 12.4 Å². The lowest BCUT2D eigenvalue weighted by atomic mass is 9.95. The van der Waals surface area contributed by atoms with E-state index >= 15 is 0 Å². The molecule has 2 aliphatic heterocycles. The molecule has 3 rings (SSSR count). The summed E-state index contributed by atoms with van der Waals surface area (Å²) in [4.78, 5) is 37.6. The van der Waals surface area contributed by atoms with Crippen LogP contribution in [0.5, 0.6) is 0 Å². The molecule has 3 heterocycles. The van der Waals surface area contributed by atoms with Gasteiger partial charge < -0.3 is 20.4 Å². The van der Waals surface area contributed by atoms with Crippen LogP contribution in [0.25, 0.3) is 0 Å². The Kier molecular flexibility index (Phi) is 7.30. The quantitative estimate of drug-likeness (QED) is 0.701. The summed E-state index contributed by atoms with van der Waals surface area (Å²) in [5, 5.41) is 6.82. The molecule has 32 heavy (non-hydrogen) atoms. The van der Waals surface area contributed by atoms with Crippen molar-refractivity contribution < 1.29 is 9.59 Å². The van der Waals surface area contributed by atoms with Crippen LogP contribution in [0.3, 0.4) is 0 Å². The van der Waals surface area contributed by atoms with Crippen LogP contribution in [-0.2, 0) is 9.59 Å². The fraction of sp³-hybridized carbons (Fsp3) is 0.750. The summed E-state index contributed by atoms with van der Waals surface area (Å²) >= 11 is 0. The second-order valence-corrected chi connectivity index (χ2v) is 11.4. The second kappa shape index (κ2) is 9.63. The minimum Gasteiger partial charge on any atom is -0.370 e. The van der Waals surface area contributed by atoms with Gasteiger partial charge in [-0.15, -0.1) is 0 Å². The van der Waals surface area contributed by atoms with Crippen LogP contribution in [0.1, 0.15) is 54.4 Å². The van der Waals surface area contributed by atoms with Crippen molar-refractivity contribution >= 4 is 23.5 Å². The Morgan fingerprint density at radius 3 is 1.62 bits per heavy atom. The van der Waals surface area contributed by atoms with Crippen LogP contribution in [0, 0.1) is 22.7 Å². The van der Waals surface area contributed by atoms with Crippen LogP contribution in [0.4, 0.5) is 11.6 Å². The summed E-state index contributed by atoms with van der Waals surface area (Å²) in [6, 6.07) is 1.93. The third kappa shape index (κ3) is 6.33. The Hall–Kier alpha value is -2.38. The number of carbonyl (C=O) groups excluding carboxylic acids is 2. The molecule has 2 saturated heterocycles. The molecule has 2 atom stereocenters. The molecular formula is C24H40N6O2. The lowest BCUT2D eigenvalue weighted by molar-refractivity contribution is -0.139. The number of hydrogen-bond donors (Lipinski definition) is 2. The molecular weight excluding hydrogens is 404 g/mol. The summed E-state index contributed by atoms with van der Waals surface area (Å²) in [5.74, 6) is 2.89. The van der Waals surface area contributed by atoms with E-state index in [-0.39, 0.29) is 22.6 Å². The number of nitrogens with zero attached hydrogens (tertiary/aromatic N) is 4. The average molecular weight is 445 g/mol. The third-order valence-electron chi connectivity index (χ3n) is 6.24. The fourth-order valence-electron chi connectivity index (χ4n) is 4.36. The van der Waals surface area contributed by atoms with Crippen LogP contribution in [0.2, 0.25) is 0 Å². The van der Waals surface area contributed by atoms with Gasteiger partial charge in [0.2, 0.25) is 11.8 Å². The highest BCUT2D eigenvalue weighted by Gasteiger charge is 2.33. The first-order valence-electron chi connectivity index (χ1n) is 11.8. The van der Waals surface area contributed by atoms with Gasteiger partial charge >= 0.3 is 0 Å². The van der Waals surface area contributed by atoms with Gasteiger partial charge in [-0.25, -0.2) is 9.97 Å². The summed E-state index contributed by atoms with van der Waals surface area (Å²) < 4.78 is 0. The van der Waals surface area contributed by atoms with E-state index in [4.69, 9.17) is 0 Å². The van der Waals surface area contributed by atoms with Gasteiger partial charge in [0.05, 0.1) is 0 Å². The number of amides is 2. The van der Waals surface area contributed by atoms with Gasteiger partial charge in [-0.05, 0) is 24.7 Å². The van der Waals surface area contributed by atoms with Crippen molar-refractivity contribution in [3.63, 3.8) is 0 Å². The van der Waals surface area contributed by atoms with Gasteiger partial charge in [-0.2, -0.15) is 0 Å². The number of aromatic nitrogens is 2. The van der Waals surface area contributed by atoms with Crippen molar-refractivity contribution in [2.45, 2.75) is 54.4 Å². The van der Waals surface area contributed by atoms with Gasteiger partial charge in [0, 0.05) is 56.2 Å². The van der Waals surface area contributed by atoms with E-state index in [9.17, 15) is 9.59 Å². The van der Waals surface area contributed by atoms with E-state index in [2.05, 4.69) is 20.6 Å². The highest BCUT2D eigenvalue weighted by Crippen LogP contribution is 2.25. The normalized spacial score (nSPS) is 21.7. The summed E-state index contributed by atoms with van der Waals surface area (Å²) in [7, 11) is 0. The number of nitrogens with one attached hydrogen (secondary N) is 2. The Morgan fingerprint density at radius 2 is 1.25 bits per heavy atom. The Morgan fingerprint density at radius 1 is 0.844 bits per heavy atom. The minimum atomic E-state index is -0.327. The van der Waals surface area contributed by atoms with Gasteiger partial charge in [0.1, 0.15) is 18.0 Å². The zero-order valence-electron chi connectivity index (χ0n) is 20.6. The van der Waals surface area contributed by atoms with Gasteiger partial charge in [0.15, 0.2) is 0 Å². The van der Waals surface area contributed by atoms with Crippen LogP contribution >= 0.6 is 0 Å². The van der Waals surface area contributed by atoms with E-state index in [1.54, 1.807) is 6.33 Å². The first kappa shape index (κ1) is 24.3.